The van der Waals surface area contributed by atoms with Gasteiger partial charge in [-0.2, -0.15) is 0 Å². The van der Waals surface area contributed by atoms with E-state index in [2.05, 4.69) is 40.8 Å². The van der Waals surface area contributed by atoms with Gasteiger partial charge in [-0.1, -0.05) is 48.7 Å². The van der Waals surface area contributed by atoms with Crippen molar-refractivity contribution in [3.8, 4) is 0 Å². The molecule has 0 bridgehead atoms. The molecule has 0 aliphatic heterocycles. The fourth-order valence-electron chi connectivity index (χ4n) is 2.00. The molecule has 1 fully saturated rings. The quantitative estimate of drug-likeness (QED) is 0.774. The van der Waals surface area contributed by atoms with Crippen molar-refractivity contribution in [2.24, 2.45) is 0 Å². The lowest BCUT2D eigenvalue weighted by atomic mass is 10.1. The Bertz CT molecular complexity index is 544. The average molecular weight is 254 g/mol. The maximum atomic E-state index is 4.30. The highest BCUT2D eigenvalue weighted by Gasteiger charge is 2.46. The van der Waals surface area contributed by atoms with E-state index in [0.29, 0.717) is 0 Å². The van der Waals surface area contributed by atoms with Gasteiger partial charge in [-0.05, 0) is 30.0 Å². The minimum Gasteiger partial charge on any atom is -0.231 e. The number of hydrogen-bond donors (Lipinski definition) is 0. The van der Waals surface area contributed by atoms with Crippen molar-refractivity contribution in [2.45, 2.75) is 22.7 Å². The molecule has 3 rings (SSSR count). The van der Waals surface area contributed by atoms with Crippen LogP contribution in [0.4, 0.5) is 0 Å². The molecule has 1 aliphatic carbocycles. The summed E-state index contributed by atoms with van der Waals surface area (Å²) in [4.78, 5) is 8.60. The highest BCUT2D eigenvalue weighted by molar-refractivity contribution is 8.00. The molecule has 0 unspecified atom stereocenters. The molecule has 1 aliphatic rings. The Kier molecular flexibility index (Phi) is 2.92. The van der Waals surface area contributed by atoms with Gasteiger partial charge < -0.3 is 0 Å². The van der Waals surface area contributed by atoms with Crippen molar-refractivity contribution >= 4 is 17.8 Å². The maximum Gasteiger partial charge on any atom is 0.188 e. The van der Waals surface area contributed by atoms with Crippen LogP contribution in [0.5, 0.6) is 0 Å². The van der Waals surface area contributed by atoms with E-state index in [1.807, 2.05) is 12.1 Å². The number of hydrogen-bond acceptors (Lipinski definition) is 3. The summed E-state index contributed by atoms with van der Waals surface area (Å²) in [6.07, 6.45) is 7.86. The lowest BCUT2D eigenvalue weighted by molar-refractivity contribution is 0.937. The third kappa shape index (κ3) is 2.18. The molecule has 0 amide bonds. The van der Waals surface area contributed by atoms with E-state index in [4.69, 9.17) is 0 Å². The topological polar surface area (TPSA) is 25.8 Å². The van der Waals surface area contributed by atoms with E-state index in [9.17, 15) is 0 Å². The molecule has 0 spiro atoms. The molecule has 2 nitrogen and oxygen atoms in total. The third-order valence-corrected chi connectivity index (χ3v) is 4.63. The fourth-order valence-corrected chi connectivity index (χ4v) is 3.14. The molecule has 0 radical (unpaired) electrons. The van der Waals surface area contributed by atoms with Gasteiger partial charge in [-0.25, -0.2) is 9.97 Å². The lowest BCUT2D eigenvalue weighted by Crippen LogP contribution is -2.02. The second-order valence-electron chi connectivity index (χ2n) is 4.45. The number of thioether (sulfide) groups is 1. The Morgan fingerprint density at radius 3 is 2.33 bits per heavy atom. The highest BCUT2D eigenvalue weighted by Crippen LogP contribution is 2.58. The van der Waals surface area contributed by atoms with E-state index >= 15 is 0 Å². The maximum absolute atomic E-state index is 4.30. The second kappa shape index (κ2) is 4.58. The first-order valence-electron chi connectivity index (χ1n) is 6.01. The standard InChI is InChI=1S/C15H14N2S/c1-2-12-4-6-13(7-5-12)15(8-9-15)18-14-16-10-3-11-17-14/h2-7,10-11H,1,8-9H2. The summed E-state index contributed by atoms with van der Waals surface area (Å²) in [5, 5.41) is 0.864. The largest absolute Gasteiger partial charge is 0.231 e. The van der Waals surface area contributed by atoms with Crippen LogP contribution in [0.2, 0.25) is 0 Å². The molecule has 0 atom stereocenters. The van der Waals surface area contributed by atoms with Gasteiger partial charge in [0, 0.05) is 17.1 Å². The summed E-state index contributed by atoms with van der Waals surface area (Å²) in [7, 11) is 0. The zero-order valence-electron chi connectivity index (χ0n) is 10.0. The predicted molar refractivity (Wildman–Crippen MR) is 75.3 cm³/mol. The van der Waals surface area contributed by atoms with E-state index in [-0.39, 0.29) is 4.75 Å². The van der Waals surface area contributed by atoms with Gasteiger partial charge in [-0.3, -0.25) is 0 Å². The van der Waals surface area contributed by atoms with Crippen LogP contribution in [0.1, 0.15) is 24.0 Å². The molecule has 1 heterocycles. The van der Waals surface area contributed by atoms with Crippen molar-refractivity contribution in [1.29, 1.82) is 0 Å². The molecule has 2 aromatic rings. The van der Waals surface area contributed by atoms with Crippen LogP contribution < -0.4 is 0 Å². The molecular weight excluding hydrogens is 240 g/mol. The van der Waals surface area contributed by atoms with Gasteiger partial charge in [0.15, 0.2) is 5.16 Å². The average Bonchev–Trinajstić information content (AvgIpc) is 3.21. The predicted octanol–water partition coefficient (Wildman–Crippen LogP) is 3.90. The lowest BCUT2D eigenvalue weighted by Gasteiger charge is -2.14. The first-order valence-corrected chi connectivity index (χ1v) is 6.83. The molecule has 1 aromatic heterocycles. The molecular formula is C15H14N2S. The Morgan fingerprint density at radius 2 is 1.78 bits per heavy atom. The van der Waals surface area contributed by atoms with Crippen LogP contribution in [-0.4, -0.2) is 9.97 Å². The smallest absolute Gasteiger partial charge is 0.188 e. The fraction of sp³-hybridized carbons (Fsp3) is 0.200. The summed E-state index contributed by atoms with van der Waals surface area (Å²) in [5.74, 6) is 0. The van der Waals surface area contributed by atoms with Crippen LogP contribution in [0.3, 0.4) is 0 Å². The number of nitrogens with zero attached hydrogens (tertiary/aromatic N) is 2. The summed E-state index contributed by atoms with van der Waals surface area (Å²) in [5.41, 5.74) is 2.53. The van der Waals surface area contributed by atoms with Gasteiger partial charge in [0.25, 0.3) is 0 Å². The summed E-state index contributed by atoms with van der Waals surface area (Å²) < 4.78 is 0.195. The van der Waals surface area contributed by atoms with E-state index in [1.165, 1.54) is 18.4 Å². The van der Waals surface area contributed by atoms with E-state index < -0.39 is 0 Å². The van der Waals surface area contributed by atoms with Crippen molar-refractivity contribution in [1.82, 2.24) is 9.97 Å². The minimum atomic E-state index is 0.195. The number of aromatic nitrogens is 2. The Morgan fingerprint density at radius 1 is 1.11 bits per heavy atom. The number of rotatable bonds is 4. The molecule has 3 heteroatoms. The van der Waals surface area contributed by atoms with Gasteiger partial charge >= 0.3 is 0 Å². The Hall–Kier alpha value is -1.61. The molecule has 0 N–H and O–H groups in total. The zero-order chi connectivity index (χ0) is 12.4. The molecule has 18 heavy (non-hydrogen) atoms. The second-order valence-corrected chi connectivity index (χ2v) is 5.80. The normalized spacial score (nSPS) is 16.2. The van der Waals surface area contributed by atoms with Gasteiger partial charge in [0.2, 0.25) is 0 Å². The third-order valence-electron chi connectivity index (χ3n) is 3.21. The van der Waals surface area contributed by atoms with Crippen LogP contribution in [0.15, 0.2) is 54.5 Å². The van der Waals surface area contributed by atoms with Gasteiger partial charge in [0.1, 0.15) is 0 Å². The Balaban J connectivity index is 1.84. The van der Waals surface area contributed by atoms with Crippen molar-refractivity contribution in [2.75, 3.05) is 0 Å². The summed E-state index contributed by atoms with van der Waals surface area (Å²) in [6.45, 7) is 3.78. The molecule has 0 saturated heterocycles. The van der Waals surface area contributed by atoms with Crippen molar-refractivity contribution in [3.63, 3.8) is 0 Å². The van der Waals surface area contributed by atoms with Crippen LogP contribution >= 0.6 is 11.8 Å². The molecule has 90 valence electrons. The molecule has 1 saturated carbocycles. The van der Waals surface area contributed by atoms with Gasteiger partial charge in [0.05, 0.1) is 0 Å². The van der Waals surface area contributed by atoms with Crippen molar-refractivity contribution in [3.05, 3.63) is 60.4 Å². The van der Waals surface area contributed by atoms with Gasteiger partial charge in [-0.15, -0.1) is 0 Å². The summed E-state index contributed by atoms with van der Waals surface area (Å²) >= 11 is 1.78. The SMILES string of the molecule is C=Cc1ccc(C2(Sc3ncccn3)CC2)cc1. The first-order chi connectivity index (χ1) is 8.82. The van der Waals surface area contributed by atoms with E-state index in [0.717, 1.165) is 10.7 Å². The van der Waals surface area contributed by atoms with Crippen LogP contribution in [-0.2, 0) is 4.75 Å². The summed E-state index contributed by atoms with van der Waals surface area (Å²) in [6, 6.07) is 10.5. The highest BCUT2D eigenvalue weighted by atomic mass is 32.2. The van der Waals surface area contributed by atoms with E-state index in [1.54, 1.807) is 24.2 Å². The Labute approximate surface area is 111 Å². The first kappa shape index (κ1) is 11.5. The molecule has 1 aromatic carbocycles. The minimum absolute atomic E-state index is 0.195. The monoisotopic (exact) mass is 254 g/mol. The van der Waals surface area contributed by atoms with Crippen molar-refractivity contribution < 1.29 is 0 Å². The number of benzene rings is 1. The van der Waals surface area contributed by atoms with Crippen LogP contribution in [0.25, 0.3) is 6.08 Å². The van der Waals surface area contributed by atoms with Crippen LogP contribution in [0, 0.1) is 0 Å². The zero-order valence-corrected chi connectivity index (χ0v) is 10.9.